The molecule has 1 saturated heterocycles. The Kier molecular flexibility index (Phi) is 5.58. The lowest BCUT2D eigenvalue weighted by Crippen LogP contribution is -2.44. The van der Waals surface area contributed by atoms with Crippen molar-refractivity contribution in [3.63, 3.8) is 0 Å². The quantitative estimate of drug-likeness (QED) is 0.881. The van der Waals surface area contributed by atoms with Gasteiger partial charge in [0.05, 0.1) is 18.1 Å². The zero-order valence-corrected chi connectivity index (χ0v) is 14.0. The summed E-state index contributed by atoms with van der Waals surface area (Å²) in [4.78, 5) is 14.0. The molecule has 1 heterocycles. The fourth-order valence-electron chi connectivity index (χ4n) is 2.75. The Bertz CT molecular complexity index is 614. The predicted octanol–water partition coefficient (Wildman–Crippen LogP) is 1.12. The lowest BCUT2D eigenvalue weighted by molar-refractivity contribution is -0.122. The summed E-state index contributed by atoms with van der Waals surface area (Å²) >= 11 is 0. The molecule has 0 spiro atoms. The zero-order valence-electron chi connectivity index (χ0n) is 13.2. The van der Waals surface area contributed by atoms with E-state index >= 15 is 0 Å². The Balaban J connectivity index is 1.77. The van der Waals surface area contributed by atoms with E-state index in [0.29, 0.717) is 25.9 Å². The lowest BCUT2D eigenvalue weighted by atomic mass is 10.1. The fraction of sp³-hybridized carbons (Fsp3) is 0.562. The molecule has 1 N–H and O–H groups in total. The molecule has 5 nitrogen and oxygen atoms in total. The van der Waals surface area contributed by atoms with E-state index in [1.165, 1.54) is 5.56 Å². The van der Waals surface area contributed by atoms with E-state index in [0.717, 1.165) is 5.56 Å². The van der Waals surface area contributed by atoms with Crippen LogP contribution in [0.15, 0.2) is 24.3 Å². The maximum absolute atomic E-state index is 12.0. The van der Waals surface area contributed by atoms with Gasteiger partial charge in [-0.15, -0.1) is 0 Å². The summed E-state index contributed by atoms with van der Waals surface area (Å²) in [5.74, 6) is 0.428. The van der Waals surface area contributed by atoms with Crippen molar-refractivity contribution in [2.24, 2.45) is 0 Å². The third-order valence-corrected chi connectivity index (χ3v) is 5.83. The third-order valence-electron chi connectivity index (χ3n) is 4.11. The summed E-state index contributed by atoms with van der Waals surface area (Å²) in [6.45, 7) is 2.85. The number of hydrogen-bond donors (Lipinski definition) is 1. The van der Waals surface area contributed by atoms with Gasteiger partial charge in [-0.2, -0.15) is 0 Å². The van der Waals surface area contributed by atoms with Gasteiger partial charge in [0.2, 0.25) is 5.91 Å². The molecule has 22 heavy (non-hydrogen) atoms. The first-order valence-electron chi connectivity index (χ1n) is 7.58. The van der Waals surface area contributed by atoms with Crippen LogP contribution in [-0.4, -0.2) is 50.4 Å². The van der Waals surface area contributed by atoms with Gasteiger partial charge < -0.3 is 5.32 Å². The normalized spacial score (nSPS) is 18.3. The van der Waals surface area contributed by atoms with Crippen LogP contribution in [0.2, 0.25) is 0 Å². The van der Waals surface area contributed by atoms with Crippen molar-refractivity contribution in [3.05, 3.63) is 35.4 Å². The summed E-state index contributed by atoms with van der Waals surface area (Å²) < 4.78 is 22.9. The molecule has 6 heteroatoms. The highest BCUT2D eigenvalue weighted by Gasteiger charge is 2.26. The molecule has 0 atom stereocenters. The van der Waals surface area contributed by atoms with Crippen LogP contribution in [0.4, 0.5) is 0 Å². The Hall–Kier alpha value is -1.40. The van der Waals surface area contributed by atoms with Gasteiger partial charge in [-0.1, -0.05) is 29.8 Å². The molecular formula is C16H24N2O3S. The van der Waals surface area contributed by atoms with Gasteiger partial charge in [0.25, 0.3) is 0 Å². The van der Waals surface area contributed by atoms with Crippen molar-refractivity contribution < 1.29 is 13.2 Å². The Morgan fingerprint density at radius 2 is 2.00 bits per heavy atom. The molecule has 0 aromatic heterocycles. The number of sulfone groups is 1. The third kappa shape index (κ3) is 5.10. The smallest absolute Gasteiger partial charge is 0.234 e. The fourth-order valence-corrected chi connectivity index (χ4v) is 4.22. The summed E-state index contributed by atoms with van der Waals surface area (Å²) in [5, 5.41) is 2.91. The van der Waals surface area contributed by atoms with Crippen molar-refractivity contribution in [3.8, 4) is 0 Å². The van der Waals surface area contributed by atoms with Crippen LogP contribution in [0.25, 0.3) is 0 Å². The van der Waals surface area contributed by atoms with Crippen LogP contribution in [0, 0.1) is 6.92 Å². The number of carbonyl (C=O) groups is 1. The van der Waals surface area contributed by atoms with E-state index in [-0.39, 0.29) is 23.5 Å². The number of benzene rings is 1. The van der Waals surface area contributed by atoms with E-state index in [1.807, 2.05) is 37.1 Å². The molecule has 0 saturated carbocycles. The zero-order chi connectivity index (χ0) is 16.2. The first-order chi connectivity index (χ1) is 10.4. The van der Waals surface area contributed by atoms with Crippen molar-refractivity contribution in [2.45, 2.75) is 32.4 Å². The molecule has 0 bridgehead atoms. The van der Waals surface area contributed by atoms with Gasteiger partial charge in [-0.25, -0.2) is 8.42 Å². The molecule has 1 aromatic carbocycles. The molecular weight excluding hydrogens is 300 g/mol. The van der Waals surface area contributed by atoms with Gasteiger partial charge in [-0.05, 0) is 32.4 Å². The van der Waals surface area contributed by atoms with E-state index in [4.69, 9.17) is 0 Å². The van der Waals surface area contributed by atoms with Crippen LogP contribution in [-0.2, 0) is 21.2 Å². The van der Waals surface area contributed by atoms with Crippen molar-refractivity contribution >= 4 is 15.7 Å². The molecule has 1 aliphatic heterocycles. The number of carbonyl (C=O) groups excluding carboxylic acids is 1. The van der Waals surface area contributed by atoms with Gasteiger partial charge >= 0.3 is 0 Å². The molecule has 0 radical (unpaired) electrons. The Morgan fingerprint density at radius 3 is 2.64 bits per heavy atom. The van der Waals surface area contributed by atoms with Crippen LogP contribution in [0.3, 0.4) is 0 Å². The first kappa shape index (κ1) is 17.0. The second kappa shape index (κ2) is 7.24. The van der Waals surface area contributed by atoms with Crippen LogP contribution in [0.5, 0.6) is 0 Å². The summed E-state index contributed by atoms with van der Waals surface area (Å²) in [6.07, 6.45) is 1.23. The standard InChI is InChI=1S/C16H24N2O3S/c1-13-4-3-5-14(10-13)11-17-16(19)12-18(2)15-6-8-22(20,21)9-7-15/h3-5,10,15H,6-9,11-12H2,1-2H3,(H,17,19). The van der Waals surface area contributed by atoms with Crippen molar-refractivity contribution in [1.29, 1.82) is 0 Å². The minimum atomic E-state index is -2.86. The minimum absolute atomic E-state index is 0.0302. The summed E-state index contributed by atoms with van der Waals surface area (Å²) in [6, 6.07) is 8.22. The number of nitrogens with one attached hydrogen (secondary N) is 1. The maximum atomic E-state index is 12.0. The summed E-state index contributed by atoms with van der Waals surface area (Å²) in [5.41, 5.74) is 2.26. The van der Waals surface area contributed by atoms with Crippen molar-refractivity contribution in [2.75, 3.05) is 25.1 Å². The minimum Gasteiger partial charge on any atom is -0.351 e. The maximum Gasteiger partial charge on any atom is 0.234 e. The molecule has 1 fully saturated rings. The Morgan fingerprint density at radius 1 is 1.32 bits per heavy atom. The molecule has 122 valence electrons. The summed E-state index contributed by atoms with van der Waals surface area (Å²) in [7, 11) is -0.971. The second-order valence-corrected chi connectivity index (χ2v) is 8.37. The molecule has 0 unspecified atom stereocenters. The largest absolute Gasteiger partial charge is 0.351 e. The number of hydrogen-bond acceptors (Lipinski definition) is 4. The second-order valence-electron chi connectivity index (χ2n) is 6.06. The highest BCUT2D eigenvalue weighted by atomic mass is 32.2. The van der Waals surface area contributed by atoms with E-state index in [9.17, 15) is 13.2 Å². The van der Waals surface area contributed by atoms with E-state index < -0.39 is 9.84 Å². The molecule has 1 amide bonds. The molecule has 2 rings (SSSR count). The van der Waals surface area contributed by atoms with Crippen LogP contribution in [0.1, 0.15) is 24.0 Å². The lowest BCUT2D eigenvalue weighted by Gasteiger charge is -2.30. The van der Waals surface area contributed by atoms with Crippen LogP contribution >= 0.6 is 0 Å². The van der Waals surface area contributed by atoms with Gasteiger partial charge in [-0.3, -0.25) is 9.69 Å². The van der Waals surface area contributed by atoms with Crippen molar-refractivity contribution in [1.82, 2.24) is 10.2 Å². The van der Waals surface area contributed by atoms with Gasteiger partial charge in [0, 0.05) is 12.6 Å². The number of aryl methyl sites for hydroxylation is 1. The number of amides is 1. The molecule has 1 aromatic rings. The Labute approximate surface area is 132 Å². The van der Waals surface area contributed by atoms with Gasteiger partial charge in [0.15, 0.2) is 0 Å². The molecule has 0 aliphatic carbocycles. The number of rotatable bonds is 5. The van der Waals surface area contributed by atoms with Crippen LogP contribution < -0.4 is 5.32 Å². The topological polar surface area (TPSA) is 66.5 Å². The number of nitrogens with zero attached hydrogens (tertiary/aromatic N) is 1. The van der Waals surface area contributed by atoms with E-state index in [1.54, 1.807) is 0 Å². The SMILES string of the molecule is Cc1cccc(CNC(=O)CN(C)C2CCS(=O)(=O)CC2)c1. The first-order valence-corrected chi connectivity index (χ1v) is 9.41. The van der Waals surface area contributed by atoms with E-state index in [2.05, 4.69) is 11.4 Å². The average molecular weight is 324 g/mol. The highest BCUT2D eigenvalue weighted by molar-refractivity contribution is 7.91. The average Bonchev–Trinajstić information content (AvgIpc) is 2.45. The molecule has 1 aliphatic rings. The monoisotopic (exact) mass is 324 g/mol. The predicted molar refractivity (Wildman–Crippen MR) is 87.3 cm³/mol. The highest BCUT2D eigenvalue weighted by Crippen LogP contribution is 2.16. The van der Waals surface area contributed by atoms with Gasteiger partial charge in [0.1, 0.15) is 9.84 Å². The number of likely N-dealkylation sites (N-methyl/N-ethyl adjacent to an activating group) is 1.